The van der Waals surface area contributed by atoms with E-state index in [0.717, 1.165) is 24.7 Å². The summed E-state index contributed by atoms with van der Waals surface area (Å²) < 4.78 is 5.09. The highest BCUT2D eigenvalue weighted by Gasteiger charge is 2.22. The third-order valence-electron chi connectivity index (χ3n) is 3.58. The Morgan fingerprint density at radius 3 is 2.68 bits per heavy atom. The number of piperazine rings is 1. The molecule has 2 amide bonds. The molecular weight excluding hydrogens is 304 g/mol. The van der Waals surface area contributed by atoms with Crippen LogP contribution in [-0.2, 0) is 0 Å². The van der Waals surface area contributed by atoms with Crippen LogP contribution in [-0.4, -0.2) is 42.3 Å². The Balaban J connectivity index is 1.55. The standard InChI is InChI=1S/C15H17ClN4O2/c1-11-9-14(18-22-11)19-5-7-20(8-6-19)15(21)17-13-4-2-3-12(16)10-13/h2-4,9-10H,5-8H2,1H3,(H,17,21). The van der Waals surface area contributed by atoms with Gasteiger partial charge in [-0.3, -0.25) is 0 Å². The highest BCUT2D eigenvalue weighted by Crippen LogP contribution is 2.18. The van der Waals surface area contributed by atoms with Crippen molar-refractivity contribution in [2.24, 2.45) is 0 Å². The number of aryl methyl sites for hydroxylation is 1. The van der Waals surface area contributed by atoms with Gasteiger partial charge in [-0.15, -0.1) is 0 Å². The molecule has 22 heavy (non-hydrogen) atoms. The van der Waals surface area contributed by atoms with E-state index in [4.69, 9.17) is 16.1 Å². The zero-order valence-electron chi connectivity index (χ0n) is 12.3. The molecule has 0 spiro atoms. The largest absolute Gasteiger partial charge is 0.360 e. The molecule has 0 unspecified atom stereocenters. The minimum Gasteiger partial charge on any atom is -0.360 e. The Labute approximate surface area is 133 Å². The van der Waals surface area contributed by atoms with Crippen LogP contribution in [0.25, 0.3) is 0 Å². The molecule has 1 aromatic carbocycles. The summed E-state index contributed by atoms with van der Waals surface area (Å²) in [5.74, 6) is 1.61. The number of benzene rings is 1. The van der Waals surface area contributed by atoms with Gasteiger partial charge in [0.05, 0.1) is 0 Å². The number of urea groups is 1. The number of carbonyl (C=O) groups is 1. The Hall–Kier alpha value is -2.21. The molecular formula is C15H17ClN4O2. The molecule has 7 heteroatoms. The van der Waals surface area contributed by atoms with Gasteiger partial charge in [-0.1, -0.05) is 22.8 Å². The molecule has 2 aromatic rings. The van der Waals surface area contributed by atoms with Gasteiger partial charge in [0.2, 0.25) is 0 Å². The van der Waals surface area contributed by atoms with Gasteiger partial charge in [0.1, 0.15) is 5.76 Å². The maximum absolute atomic E-state index is 12.2. The van der Waals surface area contributed by atoms with Crippen molar-refractivity contribution in [3.8, 4) is 0 Å². The van der Waals surface area contributed by atoms with Crippen LogP contribution >= 0.6 is 11.6 Å². The van der Waals surface area contributed by atoms with Crippen LogP contribution in [0.5, 0.6) is 0 Å². The number of hydrogen-bond donors (Lipinski definition) is 1. The lowest BCUT2D eigenvalue weighted by Crippen LogP contribution is -2.50. The van der Waals surface area contributed by atoms with Crippen molar-refractivity contribution in [1.82, 2.24) is 10.1 Å². The zero-order valence-corrected chi connectivity index (χ0v) is 13.0. The number of anilines is 2. The monoisotopic (exact) mass is 320 g/mol. The van der Waals surface area contributed by atoms with Gasteiger partial charge in [0, 0.05) is 43.0 Å². The van der Waals surface area contributed by atoms with Crippen molar-refractivity contribution in [1.29, 1.82) is 0 Å². The highest BCUT2D eigenvalue weighted by atomic mass is 35.5. The van der Waals surface area contributed by atoms with Crippen LogP contribution in [0.1, 0.15) is 5.76 Å². The fraction of sp³-hybridized carbons (Fsp3) is 0.333. The number of amides is 2. The van der Waals surface area contributed by atoms with Crippen LogP contribution < -0.4 is 10.2 Å². The van der Waals surface area contributed by atoms with E-state index in [1.807, 2.05) is 25.1 Å². The first-order valence-electron chi connectivity index (χ1n) is 7.11. The van der Waals surface area contributed by atoms with Gasteiger partial charge in [-0.2, -0.15) is 0 Å². The van der Waals surface area contributed by atoms with Gasteiger partial charge >= 0.3 is 6.03 Å². The van der Waals surface area contributed by atoms with E-state index in [1.165, 1.54) is 0 Å². The predicted octanol–water partition coefficient (Wildman–Crippen LogP) is 2.99. The molecule has 1 fully saturated rings. The first-order chi connectivity index (χ1) is 10.6. The number of nitrogens with zero attached hydrogens (tertiary/aromatic N) is 3. The van der Waals surface area contributed by atoms with Crippen molar-refractivity contribution in [3.05, 3.63) is 41.1 Å². The molecule has 0 radical (unpaired) electrons. The number of carbonyl (C=O) groups excluding carboxylic acids is 1. The molecule has 116 valence electrons. The number of hydrogen-bond acceptors (Lipinski definition) is 4. The van der Waals surface area contributed by atoms with Crippen LogP contribution in [0, 0.1) is 6.92 Å². The predicted molar refractivity (Wildman–Crippen MR) is 85.5 cm³/mol. The van der Waals surface area contributed by atoms with Gasteiger partial charge in [0.25, 0.3) is 0 Å². The van der Waals surface area contributed by atoms with Gasteiger partial charge in [-0.25, -0.2) is 4.79 Å². The summed E-state index contributed by atoms with van der Waals surface area (Å²) in [6, 6.07) is 8.92. The van der Waals surface area contributed by atoms with E-state index in [1.54, 1.807) is 17.0 Å². The Kier molecular flexibility index (Phi) is 4.20. The molecule has 1 aliphatic heterocycles. The third-order valence-corrected chi connectivity index (χ3v) is 3.82. The summed E-state index contributed by atoms with van der Waals surface area (Å²) in [4.78, 5) is 16.1. The normalized spacial score (nSPS) is 15.0. The van der Waals surface area contributed by atoms with Crippen molar-refractivity contribution in [2.45, 2.75) is 6.92 Å². The minimum absolute atomic E-state index is 0.113. The van der Waals surface area contributed by atoms with Crippen LogP contribution in [0.15, 0.2) is 34.9 Å². The molecule has 3 rings (SSSR count). The molecule has 1 aliphatic rings. The summed E-state index contributed by atoms with van der Waals surface area (Å²) in [7, 11) is 0. The minimum atomic E-state index is -0.113. The SMILES string of the molecule is Cc1cc(N2CCN(C(=O)Nc3cccc(Cl)c3)CC2)no1. The lowest BCUT2D eigenvalue weighted by molar-refractivity contribution is 0.208. The molecule has 1 N–H and O–H groups in total. The van der Waals surface area contributed by atoms with E-state index in [9.17, 15) is 4.79 Å². The summed E-state index contributed by atoms with van der Waals surface area (Å²) >= 11 is 5.92. The smallest absolute Gasteiger partial charge is 0.321 e. The molecule has 1 saturated heterocycles. The fourth-order valence-corrected chi connectivity index (χ4v) is 2.60. The molecule has 6 nitrogen and oxygen atoms in total. The highest BCUT2D eigenvalue weighted by molar-refractivity contribution is 6.30. The topological polar surface area (TPSA) is 61.6 Å². The molecule has 0 bridgehead atoms. The average molecular weight is 321 g/mol. The number of rotatable bonds is 2. The molecule has 0 aliphatic carbocycles. The van der Waals surface area contributed by atoms with Crippen molar-refractivity contribution < 1.29 is 9.32 Å². The lowest BCUT2D eigenvalue weighted by atomic mass is 10.3. The van der Waals surface area contributed by atoms with E-state index >= 15 is 0 Å². The van der Waals surface area contributed by atoms with Gasteiger partial charge < -0.3 is 19.6 Å². The maximum Gasteiger partial charge on any atom is 0.321 e. The van der Waals surface area contributed by atoms with E-state index < -0.39 is 0 Å². The van der Waals surface area contributed by atoms with Gasteiger partial charge in [-0.05, 0) is 25.1 Å². The second kappa shape index (κ2) is 6.27. The summed E-state index contributed by atoms with van der Waals surface area (Å²) in [6.07, 6.45) is 0. The molecule has 0 atom stereocenters. The van der Waals surface area contributed by atoms with Crippen LogP contribution in [0.2, 0.25) is 5.02 Å². The maximum atomic E-state index is 12.2. The number of aromatic nitrogens is 1. The summed E-state index contributed by atoms with van der Waals surface area (Å²) in [5.41, 5.74) is 0.701. The van der Waals surface area contributed by atoms with Crippen LogP contribution in [0.4, 0.5) is 16.3 Å². The first kappa shape index (κ1) is 14.7. The third kappa shape index (κ3) is 3.33. The van der Waals surface area contributed by atoms with E-state index in [-0.39, 0.29) is 6.03 Å². The molecule has 2 heterocycles. The molecule has 0 saturated carbocycles. The van der Waals surface area contributed by atoms with Crippen molar-refractivity contribution in [2.75, 3.05) is 36.4 Å². The second-order valence-electron chi connectivity index (χ2n) is 5.21. The zero-order chi connectivity index (χ0) is 15.5. The fourth-order valence-electron chi connectivity index (χ4n) is 2.41. The average Bonchev–Trinajstić information content (AvgIpc) is 2.94. The second-order valence-corrected chi connectivity index (χ2v) is 5.65. The Morgan fingerprint density at radius 1 is 1.27 bits per heavy atom. The van der Waals surface area contributed by atoms with Crippen molar-refractivity contribution >= 4 is 29.1 Å². The number of nitrogens with one attached hydrogen (secondary N) is 1. The first-order valence-corrected chi connectivity index (χ1v) is 7.49. The quantitative estimate of drug-likeness (QED) is 0.924. The number of halogens is 1. The van der Waals surface area contributed by atoms with Crippen molar-refractivity contribution in [3.63, 3.8) is 0 Å². The summed E-state index contributed by atoms with van der Waals surface area (Å²) in [5, 5.41) is 7.47. The van der Waals surface area contributed by atoms with E-state index in [0.29, 0.717) is 23.8 Å². The van der Waals surface area contributed by atoms with Gasteiger partial charge in [0.15, 0.2) is 5.82 Å². The Bertz CT molecular complexity index is 665. The summed E-state index contributed by atoms with van der Waals surface area (Å²) in [6.45, 7) is 4.60. The van der Waals surface area contributed by atoms with E-state index in [2.05, 4.69) is 15.4 Å². The lowest BCUT2D eigenvalue weighted by Gasteiger charge is -2.34. The Morgan fingerprint density at radius 2 is 2.05 bits per heavy atom. The van der Waals surface area contributed by atoms with Crippen LogP contribution in [0.3, 0.4) is 0 Å². The molecule has 1 aromatic heterocycles.